The van der Waals surface area contributed by atoms with Crippen molar-refractivity contribution in [2.75, 3.05) is 0 Å². The Labute approximate surface area is 247 Å². The number of unbranched alkanes of at least 4 members (excludes halogenated alkanes) is 2. The maximum Gasteiger partial charge on any atom is 0.481 e. The lowest BCUT2D eigenvalue weighted by molar-refractivity contribution is -0.403. The number of hydrogen-bond acceptors (Lipinski definition) is 5. The van der Waals surface area contributed by atoms with Crippen LogP contribution in [0.2, 0.25) is 0 Å². The first-order valence-electron chi connectivity index (χ1n) is 15.1. The monoisotopic (exact) mass is 576 g/mol. The summed E-state index contributed by atoms with van der Waals surface area (Å²) >= 11 is 0. The molecule has 3 aliphatic carbocycles. The summed E-state index contributed by atoms with van der Waals surface area (Å²) in [6.45, 7) is 13.2. The van der Waals surface area contributed by atoms with Crippen LogP contribution in [0.4, 0.5) is 0 Å². The summed E-state index contributed by atoms with van der Waals surface area (Å²) in [4.78, 5) is 30.9. The van der Waals surface area contributed by atoms with Gasteiger partial charge in [0, 0.05) is 18.8 Å². The van der Waals surface area contributed by atoms with Crippen molar-refractivity contribution in [3.05, 3.63) is 30.1 Å². The van der Waals surface area contributed by atoms with Gasteiger partial charge in [0.1, 0.15) is 6.04 Å². The van der Waals surface area contributed by atoms with E-state index in [0.717, 1.165) is 37.7 Å². The molecule has 4 fully saturated rings. The molecule has 8 nitrogen and oxygen atoms in total. The maximum absolute atomic E-state index is 13.7. The Hall–Kier alpha value is -1.68. The van der Waals surface area contributed by atoms with E-state index in [2.05, 4.69) is 62.9 Å². The summed E-state index contributed by atoms with van der Waals surface area (Å²) in [6, 6.07) is 2.62. The predicted molar refractivity (Wildman–Crippen MR) is 152 cm³/mol. The summed E-state index contributed by atoms with van der Waals surface area (Å²) in [5.74, 6) is 0.705. The van der Waals surface area contributed by atoms with Crippen molar-refractivity contribution in [1.82, 2.24) is 15.6 Å². The molecule has 40 heavy (non-hydrogen) atoms. The van der Waals surface area contributed by atoms with Crippen LogP contribution in [0.5, 0.6) is 0 Å². The molecule has 7 atom stereocenters. The van der Waals surface area contributed by atoms with Gasteiger partial charge in [0.25, 0.3) is 5.91 Å². The Kier molecular flexibility index (Phi) is 11.1. The molecule has 1 aromatic rings. The number of nitrogens with zero attached hydrogens (tertiary/aromatic N) is 1. The van der Waals surface area contributed by atoms with E-state index >= 15 is 0 Å². The number of halogens is 1. The third-order valence-corrected chi connectivity index (χ3v) is 9.66. The number of rotatable bonds is 13. The number of carbonyl (C=O) groups excluding carboxylic acids is 2. The van der Waals surface area contributed by atoms with Gasteiger partial charge in [-0.25, -0.2) is 0 Å². The third-order valence-electron chi connectivity index (χ3n) is 9.66. The van der Waals surface area contributed by atoms with Gasteiger partial charge < -0.3 is 38.1 Å². The molecule has 10 heteroatoms. The molecule has 224 valence electrons. The van der Waals surface area contributed by atoms with Gasteiger partial charge in [-0.1, -0.05) is 59.9 Å². The number of hydrogen-bond donors (Lipinski definition) is 3. The van der Waals surface area contributed by atoms with Crippen LogP contribution in [0.3, 0.4) is 0 Å². The Morgan fingerprint density at radius 3 is 2.55 bits per heavy atom. The molecule has 4 aliphatic rings. The number of pyridine rings is 1. The highest BCUT2D eigenvalue weighted by atomic mass is 35.5. The second kappa shape index (κ2) is 13.5. The average Bonchev–Trinajstić information content (AvgIpc) is 3.25. The molecule has 3 saturated carbocycles. The second-order valence-electron chi connectivity index (χ2n) is 13.4. The van der Waals surface area contributed by atoms with E-state index in [1.165, 1.54) is 6.42 Å². The smallest absolute Gasteiger partial charge is 0.481 e. The van der Waals surface area contributed by atoms with Crippen LogP contribution < -0.4 is 28.8 Å². The molecule has 0 unspecified atom stereocenters. The highest BCUT2D eigenvalue weighted by Gasteiger charge is 2.68. The van der Waals surface area contributed by atoms with E-state index in [0.29, 0.717) is 24.7 Å². The van der Waals surface area contributed by atoms with E-state index in [1.54, 1.807) is 12.4 Å². The average molecular weight is 577 g/mol. The molecule has 5 rings (SSSR count). The summed E-state index contributed by atoms with van der Waals surface area (Å²) in [7, 11) is -0.475. The molecule has 1 saturated heterocycles. The molecule has 2 heterocycles. The van der Waals surface area contributed by atoms with Crippen LogP contribution in [0.25, 0.3) is 0 Å². The summed E-state index contributed by atoms with van der Waals surface area (Å²) in [5, 5.41) is 6.26. The molecule has 1 aromatic heterocycles. The molecular formula is C30H50BClN4O4. The van der Waals surface area contributed by atoms with Gasteiger partial charge >= 0.3 is 7.12 Å². The minimum atomic E-state index is -0.643. The minimum Gasteiger partial charge on any atom is -1.00 e. The zero-order valence-electron chi connectivity index (χ0n) is 25.3. The fourth-order valence-corrected chi connectivity index (χ4v) is 7.13. The molecule has 2 bridgehead atoms. The summed E-state index contributed by atoms with van der Waals surface area (Å²) in [6.07, 6.45) is 10.7. The van der Waals surface area contributed by atoms with Crippen molar-refractivity contribution in [2.45, 2.75) is 123 Å². The van der Waals surface area contributed by atoms with Crippen LogP contribution in [0.1, 0.15) is 92.1 Å². The molecule has 0 aromatic carbocycles. The van der Waals surface area contributed by atoms with Crippen LogP contribution in [-0.4, -0.2) is 53.6 Å². The summed E-state index contributed by atoms with van der Waals surface area (Å²) < 4.78 is 13.3. The zero-order valence-corrected chi connectivity index (χ0v) is 26.0. The molecule has 0 radical (unpaired) electrons. The first-order chi connectivity index (χ1) is 18.5. The fourth-order valence-electron chi connectivity index (χ4n) is 7.13. The van der Waals surface area contributed by atoms with Gasteiger partial charge in [0.2, 0.25) is 5.91 Å². The topological polar surface area (TPSA) is 117 Å². The molecule has 5 N–H and O–H groups in total. The van der Waals surface area contributed by atoms with E-state index in [1.807, 2.05) is 12.1 Å². The number of amides is 2. The quantitative estimate of drug-likeness (QED) is 0.228. The first-order valence-corrected chi connectivity index (χ1v) is 15.1. The fraction of sp³-hybridized carbons (Fsp3) is 0.767. The van der Waals surface area contributed by atoms with E-state index in [4.69, 9.17) is 9.31 Å². The molecular weight excluding hydrogens is 527 g/mol. The van der Waals surface area contributed by atoms with Crippen molar-refractivity contribution in [2.24, 2.45) is 23.2 Å². The maximum atomic E-state index is 13.7. The van der Waals surface area contributed by atoms with Gasteiger partial charge in [-0.05, 0) is 67.4 Å². The lowest BCUT2D eigenvalue weighted by atomic mass is 9.43. The number of aromatic nitrogens is 1. The standard InChI is InChI=1S/C30H49BN4O4.ClH/c1-7-8-9-12-26(31-38-25-17-21-16-24(29(21,4)5)30(25,6)39-31)35-28(37)23(14-19(2)3)34-27(36)22(32)15-20-11-10-13-33-18-20;/h10-11,13,18-19,21-26H,7-9,12,14-17,32H2,1-6H3,(H,34,36)(H,35,37);1H/t21-,22+,23-,24-,25+,26-,30-;/m0./s1. The number of nitrogens with one attached hydrogen (secondary N) is 2. The van der Waals surface area contributed by atoms with Crippen LogP contribution in [-0.2, 0) is 25.3 Å². The van der Waals surface area contributed by atoms with Crippen molar-refractivity contribution in [3.63, 3.8) is 0 Å². The second-order valence-corrected chi connectivity index (χ2v) is 13.4. The molecule has 2 amide bonds. The Balaban J connectivity index is 0.00000441. The minimum absolute atomic E-state index is 0. The Bertz CT molecular complexity index is 999. The highest BCUT2D eigenvalue weighted by molar-refractivity contribution is 6.47. The first kappa shape index (κ1) is 32.8. The van der Waals surface area contributed by atoms with Gasteiger partial charge in [0.15, 0.2) is 6.04 Å². The zero-order chi connectivity index (χ0) is 28.4. The van der Waals surface area contributed by atoms with Crippen LogP contribution >= 0.6 is 0 Å². The van der Waals surface area contributed by atoms with Crippen molar-refractivity contribution >= 4 is 18.9 Å². The van der Waals surface area contributed by atoms with Gasteiger partial charge in [-0.15, -0.1) is 0 Å². The van der Waals surface area contributed by atoms with Gasteiger partial charge in [-0.2, -0.15) is 0 Å². The Morgan fingerprint density at radius 2 is 1.93 bits per heavy atom. The summed E-state index contributed by atoms with van der Waals surface area (Å²) in [5.41, 5.74) is 4.94. The van der Waals surface area contributed by atoms with E-state index in [9.17, 15) is 9.59 Å². The number of carbonyl (C=O) groups is 2. The largest absolute Gasteiger partial charge is 1.00 e. The normalized spacial score (nSPS) is 28.5. The lowest BCUT2D eigenvalue weighted by Crippen LogP contribution is -3.00. The van der Waals surface area contributed by atoms with Crippen molar-refractivity contribution in [3.8, 4) is 0 Å². The number of quaternary nitrogens is 1. The molecule has 1 aliphatic heterocycles. The van der Waals surface area contributed by atoms with Gasteiger partial charge in [0.05, 0.1) is 17.6 Å². The van der Waals surface area contributed by atoms with Gasteiger partial charge in [-0.3, -0.25) is 14.6 Å². The molecule has 0 spiro atoms. The lowest BCUT2D eigenvalue weighted by Gasteiger charge is -2.64. The van der Waals surface area contributed by atoms with Crippen molar-refractivity contribution < 1.29 is 37.0 Å². The van der Waals surface area contributed by atoms with E-state index < -0.39 is 19.2 Å². The van der Waals surface area contributed by atoms with Crippen LogP contribution in [0, 0.1) is 23.2 Å². The van der Waals surface area contributed by atoms with E-state index in [-0.39, 0.29) is 53.2 Å². The van der Waals surface area contributed by atoms with Crippen molar-refractivity contribution in [1.29, 1.82) is 0 Å². The van der Waals surface area contributed by atoms with Crippen LogP contribution in [0.15, 0.2) is 24.5 Å². The third kappa shape index (κ3) is 7.03. The SMILES string of the molecule is CCCCC[C@H](NC(=O)[C@H](CC(C)C)NC(=O)[C@H]([NH3+])Cc1cccnc1)B1O[C@@H]2C[C@@H]3C[C@@H](C3(C)C)[C@]2(C)O1.[Cl-]. The predicted octanol–water partition coefficient (Wildman–Crippen LogP) is 0.102. The highest BCUT2D eigenvalue weighted by Crippen LogP contribution is 2.65. The Morgan fingerprint density at radius 1 is 1.18 bits per heavy atom.